The third kappa shape index (κ3) is 3.72. The zero-order chi connectivity index (χ0) is 21.4. The van der Waals surface area contributed by atoms with Gasteiger partial charge in [0.15, 0.2) is 5.58 Å². The second-order valence-corrected chi connectivity index (χ2v) is 6.95. The topological polar surface area (TPSA) is 98.3 Å². The van der Waals surface area contributed by atoms with Crippen LogP contribution in [-0.2, 0) is 0 Å². The Labute approximate surface area is 174 Å². The van der Waals surface area contributed by atoms with Crippen LogP contribution in [0.15, 0.2) is 59.0 Å². The predicted octanol–water partition coefficient (Wildman–Crippen LogP) is 5.76. The number of nitrogens with zero attached hydrogens (tertiary/aromatic N) is 2. The first-order valence-electron chi connectivity index (χ1n) is 8.74. The van der Waals surface area contributed by atoms with Crippen LogP contribution in [0.5, 0.6) is 0 Å². The average Bonchev–Trinajstić information content (AvgIpc) is 3.10. The number of rotatable bonds is 4. The fraction of sp³-hybridized carbons (Fsp3) is 0.0476. The second kappa shape index (κ2) is 7.57. The number of fused-ring (bicyclic) bond motifs is 1. The Balaban J connectivity index is 1.60. The van der Waals surface area contributed by atoms with Gasteiger partial charge in [-0.05, 0) is 55.5 Å². The number of benzene rings is 3. The van der Waals surface area contributed by atoms with Gasteiger partial charge in [-0.25, -0.2) is 9.37 Å². The number of oxazole rings is 1. The highest BCUT2D eigenvalue weighted by Gasteiger charge is 2.16. The van der Waals surface area contributed by atoms with E-state index in [2.05, 4.69) is 10.3 Å². The molecule has 1 N–H and O–H groups in total. The van der Waals surface area contributed by atoms with Crippen molar-refractivity contribution in [1.82, 2.24) is 4.98 Å². The van der Waals surface area contributed by atoms with Crippen molar-refractivity contribution in [3.63, 3.8) is 0 Å². The molecule has 1 amide bonds. The molecule has 1 heterocycles. The normalized spacial score (nSPS) is 10.9. The van der Waals surface area contributed by atoms with Crippen LogP contribution in [0.2, 0.25) is 5.02 Å². The fourth-order valence-electron chi connectivity index (χ4n) is 2.99. The Bertz CT molecular complexity index is 1320. The number of aryl methyl sites for hydroxylation is 1. The van der Waals surface area contributed by atoms with Gasteiger partial charge in [-0.1, -0.05) is 11.6 Å². The molecule has 0 aliphatic heterocycles. The lowest BCUT2D eigenvalue weighted by molar-refractivity contribution is -0.385. The fourth-order valence-corrected chi connectivity index (χ4v) is 3.24. The van der Waals surface area contributed by atoms with Gasteiger partial charge in [0, 0.05) is 22.9 Å². The van der Waals surface area contributed by atoms with E-state index in [1.54, 1.807) is 25.1 Å². The van der Waals surface area contributed by atoms with E-state index in [0.717, 1.165) is 0 Å². The minimum absolute atomic E-state index is 0.0532. The average molecular weight is 426 g/mol. The Morgan fingerprint density at radius 2 is 1.97 bits per heavy atom. The molecule has 0 aliphatic carbocycles. The molecule has 9 heteroatoms. The number of aromatic nitrogens is 1. The number of carbonyl (C=O) groups is 1. The molecule has 0 spiro atoms. The number of anilines is 1. The summed E-state index contributed by atoms with van der Waals surface area (Å²) in [5.41, 5.74) is 2.48. The van der Waals surface area contributed by atoms with Gasteiger partial charge in [0.2, 0.25) is 5.89 Å². The van der Waals surface area contributed by atoms with Gasteiger partial charge in [0.05, 0.1) is 15.5 Å². The molecule has 3 aromatic carbocycles. The van der Waals surface area contributed by atoms with E-state index < -0.39 is 16.6 Å². The Kier molecular flexibility index (Phi) is 4.93. The lowest BCUT2D eigenvalue weighted by Gasteiger charge is -2.06. The van der Waals surface area contributed by atoms with Crippen LogP contribution in [0.4, 0.5) is 15.8 Å². The summed E-state index contributed by atoms with van der Waals surface area (Å²) in [6.45, 7) is 1.57. The molecule has 30 heavy (non-hydrogen) atoms. The molecular weight excluding hydrogens is 413 g/mol. The number of carbonyl (C=O) groups excluding carboxylic acids is 1. The molecule has 0 unspecified atom stereocenters. The molecule has 7 nitrogen and oxygen atoms in total. The molecule has 0 saturated heterocycles. The summed E-state index contributed by atoms with van der Waals surface area (Å²) in [5.74, 6) is -0.659. The smallest absolute Gasteiger partial charge is 0.272 e. The minimum atomic E-state index is -0.500. The third-order valence-electron chi connectivity index (χ3n) is 4.46. The van der Waals surface area contributed by atoms with Crippen molar-refractivity contribution in [2.75, 3.05) is 5.32 Å². The van der Waals surface area contributed by atoms with E-state index in [9.17, 15) is 19.3 Å². The zero-order valence-corrected chi connectivity index (χ0v) is 16.2. The second-order valence-electron chi connectivity index (χ2n) is 6.54. The van der Waals surface area contributed by atoms with Gasteiger partial charge in [0.25, 0.3) is 11.6 Å². The molecule has 0 fully saturated rings. The van der Waals surface area contributed by atoms with Crippen LogP contribution in [0.25, 0.3) is 22.6 Å². The Hall–Kier alpha value is -3.78. The van der Waals surface area contributed by atoms with Gasteiger partial charge in [-0.15, -0.1) is 0 Å². The van der Waals surface area contributed by atoms with Crippen LogP contribution in [0, 0.1) is 22.9 Å². The SMILES string of the molecule is Cc1cc(C(=O)Nc2ccc3oc(-c4ccc(F)cc4Cl)nc3c2)ccc1[N+](=O)[O-]. The highest BCUT2D eigenvalue weighted by molar-refractivity contribution is 6.33. The first-order chi connectivity index (χ1) is 14.3. The Morgan fingerprint density at radius 3 is 2.67 bits per heavy atom. The van der Waals surface area contributed by atoms with Crippen molar-refractivity contribution < 1.29 is 18.5 Å². The predicted molar refractivity (Wildman–Crippen MR) is 110 cm³/mol. The van der Waals surface area contributed by atoms with Crippen LogP contribution in [-0.4, -0.2) is 15.8 Å². The van der Waals surface area contributed by atoms with Crippen molar-refractivity contribution in [2.24, 2.45) is 0 Å². The van der Waals surface area contributed by atoms with Crippen LogP contribution >= 0.6 is 11.6 Å². The van der Waals surface area contributed by atoms with Crippen molar-refractivity contribution in [2.45, 2.75) is 6.92 Å². The molecule has 0 radical (unpaired) electrons. The summed E-state index contributed by atoms with van der Waals surface area (Å²) in [6.07, 6.45) is 0. The van der Waals surface area contributed by atoms with Crippen LogP contribution < -0.4 is 5.32 Å². The number of hydrogen-bond acceptors (Lipinski definition) is 5. The van der Waals surface area contributed by atoms with E-state index in [1.807, 2.05) is 0 Å². The summed E-state index contributed by atoms with van der Waals surface area (Å²) in [6, 6.07) is 12.9. The molecule has 0 bridgehead atoms. The standard InChI is InChI=1S/C21H13ClFN3O4/c1-11-8-12(2-6-18(11)26(28)29)20(27)24-14-4-7-19-17(10-14)25-21(30-19)15-5-3-13(23)9-16(15)22/h2-10H,1H3,(H,24,27). The molecule has 4 rings (SSSR count). The Morgan fingerprint density at radius 1 is 1.17 bits per heavy atom. The highest BCUT2D eigenvalue weighted by atomic mass is 35.5. The maximum atomic E-state index is 13.3. The molecule has 0 atom stereocenters. The summed E-state index contributed by atoms with van der Waals surface area (Å²) in [5, 5.41) is 13.8. The van der Waals surface area contributed by atoms with Gasteiger partial charge >= 0.3 is 0 Å². The van der Waals surface area contributed by atoms with E-state index >= 15 is 0 Å². The third-order valence-corrected chi connectivity index (χ3v) is 4.78. The van der Waals surface area contributed by atoms with Crippen molar-refractivity contribution in [1.29, 1.82) is 0 Å². The first-order valence-corrected chi connectivity index (χ1v) is 9.12. The zero-order valence-electron chi connectivity index (χ0n) is 15.5. The van der Waals surface area contributed by atoms with E-state index in [0.29, 0.717) is 27.9 Å². The van der Waals surface area contributed by atoms with Crippen molar-refractivity contribution in [3.05, 3.63) is 86.7 Å². The van der Waals surface area contributed by atoms with E-state index in [4.69, 9.17) is 16.0 Å². The maximum absolute atomic E-state index is 13.3. The molecule has 150 valence electrons. The van der Waals surface area contributed by atoms with Gasteiger partial charge in [-0.3, -0.25) is 14.9 Å². The number of amides is 1. The minimum Gasteiger partial charge on any atom is -0.436 e. The lowest BCUT2D eigenvalue weighted by atomic mass is 10.1. The summed E-state index contributed by atoms with van der Waals surface area (Å²) in [7, 11) is 0. The van der Waals surface area contributed by atoms with Crippen molar-refractivity contribution in [3.8, 4) is 11.5 Å². The molecule has 0 aliphatic rings. The number of nitro groups is 1. The highest BCUT2D eigenvalue weighted by Crippen LogP contribution is 2.31. The number of halogens is 2. The van der Waals surface area contributed by atoms with Gasteiger partial charge in [0.1, 0.15) is 11.3 Å². The molecule has 1 aromatic heterocycles. The van der Waals surface area contributed by atoms with Gasteiger partial charge < -0.3 is 9.73 Å². The number of hydrogen-bond donors (Lipinski definition) is 1. The van der Waals surface area contributed by atoms with E-state index in [1.165, 1.54) is 36.4 Å². The quantitative estimate of drug-likeness (QED) is 0.331. The maximum Gasteiger partial charge on any atom is 0.272 e. The van der Waals surface area contributed by atoms with Gasteiger partial charge in [-0.2, -0.15) is 0 Å². The summed E-state index contributed by atoms with van der Waals surface area (Å²) in [4.78, 5) is 27.3. The van der Waals surface area contributed by atoms with E-state index in [-0.39, 0.29) is 22.2 Å². The van der Waals surface area contributed by atoms with Crippen molar-refractivity contribution >= 4 is 40.0 Å². The number of nitrogens with one attached hydrogen (secondary N) is 1. The lowest BCUT2D eigenvalue weighted by Crippen LogP contribution is -2.12. The monoisotopic (exact) mass is 425 g/mol. The van der Waals surface area contributed by atoms with Crippen LogP contribution in [0.1, 0.15) is 15.9 Å². The van der Waals surface area contributed by atoms with Crippen LogP contribution in [0.3, 0.4) is 0 Å². The largest absolute Gasteiger partial charge is 0.436 e. The summed E-state index contributed by atoms with van der Waals surface area (Å²) >= 11 is 6.06. The molecular formula is C21H13ClFN3O4. The molecule has 4 aromatic rings. The first kappa shape index (κ1) is 19.5. The molecule has 0 saturated carbocycles. The summed E-state index contributed by atoms with van der Waals surface area (Å²) < 4.78 is 18.9. The number of nitro benzene ring substituents is 1.